The molecule has 2 aromatic carbocycles. The fraction of sp³-hybridized carbons (Fsp3) is 0.222. The molecule has 0 aromatic heterocycles. The zero-order chi connectivity index (χ0) is 16.8. The van der Waals surface area contributed by atoms with Crippen LogP contribution in [0.25, 0.3) is 0 Å². The lowest BCUT2D eigenvalue weighted by Crippen LogP contribution is -2.25. The van der Waals surface area contributed by atoms with E-state index in [1.54, 1.807) is 38.4 Å². The van der Waals surface area contributed by atoms with Crippen LogP contribution in [0, 0.1) is 0 Å². The minimum absolute atomic E-state index is 0.0562. The minimum Gasteiger partial charge on any atom is -0.352 e. The number of carbonyl (C=O) groups is 2. The molecule has 2 rings (SSSR count). The van der Waals surface area contributed by atoms with Crippen molar-refractivity contribution in [2.24, 2.45) is 0 Å². The highest BCUT2D eigenvalue weighted by molar-refractivity contribution is 6.30. The highest BCUT2D eigenvalue weighted by Crippen LogP contribution is 2.10. The lowest BCUT2D eigenvalue weighted by atomic mass is 10.1. The van der Waals surface area contributed by atoms with Gasteiger partial charge in [-0.05, 0) is 35.4 Å². The molecular weight excluding hydrogens is 312 g/mol. The van der Waals surface area contributed by atoms with Crippen molar-refractivity contribution < 1.29 is 9.59 Å². The Bertz CT molecular complexity index is 696. The zero-order valence-electron chi connectivity index (χ0n) is 13.2. The summed E-state index contributed by atoms with van der Waals surface area (Å²) in [4.78, 5) is 25.4. The molecule has 0 atom stereocenters. The van der Waals surface area contributed by atoms with Crippen molar-refractivity contribution in [1.29, 1.82) is 0 Å². The number of rotatable bonds is 5. The van der Waals surface area contributed by atoms with Crippen molar-refractivity contribution in [2.45, 2.75) is 13.0 Å². The number of nitrogens with one attached hydrogen (secondary N) is 1. The SMILES string of the molecule is CN(C)C(=O)c1cccc(CNC(=O)Cc2ccc(Cl)cc2)c1. The van der Waals surface area contributed by atoms with Crippen molar-refractivity contribution in [3.63, 3.8) is 0 Å². The van der Waals surface area contributed by atoms with Crippen molar-refractivity contribution >= 4 is 23.4 Å². The highest BCUT2D eigenvalue weighted by Gasteiger charge is 2.09. The Morgan fingerprint density at radius 1 is 1.04 bits per heavy atom. The summed E-state index contributed by atoms with van der Waals surface area (Å²) in [6, 6.07) is 14.5. The molecular formula is C18H19ClN2O2. The molecule has 2 amide bonds. The molecule has 0 unspecified atom stereocenters. The normalized spacial score (nSPS) is 10.2. The summed E-state index contributed by atoms with van der Waals surface area (Å²) in [6.45, 7) is 0.390. The smallest absolute Gasteiger partial charge is 0.253 e. The molecule has 0 fully saturated rings. The number of halogens is 1. The number of carbonyl (C=O) groups excluding carboxylic acids is 2. The van der Waals surface area contributed by atoms with Crippen LogP contribution in [0.4, 0.5) is 0 Å². The number of benzene rings is 2. The Kier molecular flexibility index (Phi) is 5.77. The topological polar surface area (TPSA) is 49.4 Å². The van der Waals surface area contributed by atoms with Crippen LogP contribution in [-0.4, -0.2) is 30.8 Å². The van der Waals surface area contributed by atoms with E-state index in [9.17, 15) is 9.59 Å². The van der Waals surface area contributed by atoms with E-state index in [1.807, 2.05) is 24.3 Å². The van der Waals surface area contributed by atoms with Gasteiger partial charge >= 0.3 is 0 Å². The van der Waals surface area contributed by atoms with Crippen molar-refractivity contribution in [3.05, 3.63) is 70.2 Å². The molecule has 0 saturated heterocycles. The largest absolute Gasteiger partial charge is 0.352 e. The molecule has 23 heavy (non-hydrogen) atoms. The second kappa shape index (κ2) is 7.79. The number of hydrogen-bond acceptors (Lipinski definition) is 2. The summed E-state index contributed by atoms with van der Waals surface area (Å²) < 4.78 is 0. The molecule has 2 aromatic rings. The lowest BCUT2D eigenvalue weighted by molar-refractivity contribution is -0.120. The van der Waals surface area contributed by atoms with E-state index in [4.69, 9.17) is 11.6 Å². The third-order valence-electron chi connectivity index (χ3n) is 3.35. The number of amides is 2. The zero-order valence-corrected chi connectivity index (χ0v) is 13.9. The van der Waals surface area contributed by atoms with Crippen LogP contribution >= 0.6 is 11.6 Å². The van der Waals surface area contributed by atoms with E-state index in [1.165, 1.54) is 4.90 Å². The van der Waals surface area contributed by atoms with Gasteiger partial charge in [0, 0.05) is 31.2 Å². The van der Waals surface area contributed by atoms with E-state index in [0.717, 1.165) is 11.1 Å². The third-order valence-corrected chi connectivity index (χ3v) is 3.60. The van der Waals surface area contributed by atoms with Gasteiger partial charge < -0.3 is 10.2 Å². The first-order chi connectivity index (χ1) is 11.0. The van der Waals surface area contributed by atoms with Crippen LogP contribution in [0.3, 0.4) is 0 Å². The standard InChI is InChI=1S/C18H19ClN2O2/c1-21(2)18(23)15-5-3-4-14(10-15)12-20-17(22)11-13-6-8-16(19)9-7-13/h3-10H,11-12H2,1-2H3,(H,20,22). The van der Waals surface area contributed by atoms with Gasteiger partial charge in [0.25, 0.3) is 5.91 Å². The Morgan fingerprint density at radius 2 is 1.74 bits per heavy atom. The molecule has 0 aliphatic carbocycles. The summed E-state index contributed by atoms with van der Waals surface area (Å²) >= 11 is 5.82. The van der Waals surface area contributed by atoms with Crippen LogP contribution in [0.15, 0.2) is 48.5 Å². The molecule has 0 aliphatic heterocycles. The summed E-state index contributed by atoms with van der Waals surface area (Å²) in [6.07, 6.45) is 0.299. The van der Waals surface area contributed by atoms with Crippen LogP contribution in [-0.2, 0) is 17.8 Å². The average Bonchev–Trinajstić information content (AvgIpc) is 2.54. The molecule has 4 nitrogen and oxygen atoms in total. The Balaban J connectivity index is 1.92. The van der Waals surface area contributed by atoms with E-state index < -0.39 is 0 Å². The molecule has 0 heterocycles. The number of nitrogens with zero attached hydrogens (tertiary/aromatic N) is 1. The fourth-order valence-electron chi connectivity index (χ4n) is 2.12. The molecule has 0 saturated carbocycles. The van der Waals surface area contributed by atoms with Crippen LogP contribution in [0.2, 0.25) is 5.02 Å². The van der Waals surface area contributed by atoms with Gasteiger partial charge in [0.15, 0.2) is 0 Å². The van der Waals surface area contributed by atoms with Gasteiger partial charge in [-0.3, -0.25) is 9.59 Å². The summed E-state index contributed by atoms with van der Waals surface area (Å²) in [5, 5.41) is 3.51. The van der Waals surface area contributed by atoms with E-state index in [2.05, 4.69) is 5.32 Å². The van der Waals surface area contributed by atoms with Gasteiger partial charge in [-0.25, -0.2) is 0 Å². The molecule has 0 aliphatic rings. The van der Waals surface area contributed by atoms with Crippen molar-refractivity contribution in [3.8, 4) is 0 Å². The van der Waals surface area contributed by atoms with E-state index in [-0.39, 0.29) is 11.8 Å². The maximum absolute atomic E-state index is 12.0. The highest BCUT2D eigenvalue weighted by atomic mass is 35.5. The first-order valence-electron chi connectivity index (χ1n) is 7.27. The van der Waals surface area contributed by atoms with Gasteiger partial charge in [0.1, 0.15) is 0 Å². The van der Waals surface area contributed by atoms with Gasteiger partial charge in [0.2, 0.25) is 5.91 Å². The minimum atomic E-state index is -0.0725. The summed E-state index contributed by atoms with van der Waals surface area (Å²) in [5.74, 6) is -0.129. The quantitative estimate of drug-likeness (QED) is 0.916. The molecule has 1 N–H and O–H groups in total. The second-order valence-electron chi connectivity index (χ2n) is 5.48. The molecule has 0 radical (unpaired) electrons. The first-order valence-corrected chi connectivity index (χ1v) is 7.65. The summed E-state index contributed by atoms with van der Waals surface area (Å²) in [7, 11) is 3.42. The van der Waals surface area contributed by atoms with Crippen LogP contribution < -0.4 is 5.32 Å². The van der Waals surface area contributed by atoms with Crippen LogP contribution in [0.1, 0.15) is 21.5 Å². The predicted octanol–water partition coefficient (Wildman–Crippen LogP) is 2.90. The van der Waals surface area contributed by atoms with Gasteiger partial charge in [-0.15, -0.1) is 0 Å². The van der Waals surface area contributed by atoms with Gasteiger partial charge in [-0.2, -0.15) is 0 Å². The van der Waals surface area contributed by atoms with Crippen LogP contribution in [0.5, 0.6) is 0 Å². The maximum atomic E-state index is 12.0. The number of hydrogen-bond donors (Lipinski definition) is 1. The van der Waals surface area contributed by atoms with E-state index >= 15 is 0 Å². The Labute approximate surface area is 141 Å². The first kappa shape index (κ1) is 17.0. The molecule has 120 valence electrons. The van der Waals surface area contributed by atoms with Crippen molar-refractivity contribution in [1.82, 2.24) is 10.2 Å². The Hall–Kier alpha value is -2.33. The lowest BCUT2D eigenvalue weighted by Gasteiger charge is -2.11. The van der Waals surface area contributed by atoms with Gasteiger partial charge in [0.05, 0.1) is 6.42 Å². The molecule has 0 spiro atoms. The second-order valence-corrected chi connectivity index (χ2v) is 5.92. The predicted molar refractivity (Wildman–Crippen MR) is 91.5 cm³/mol. The van der Waals surface area contributed by atoms with Gasteiger partial charge in [-0.1, -0.05) is 35.9 Å². The summed E-state index contributed by atoms with van der Waals surface area (Å²) in [5.41, 5.74) is 2.41. The Morgan fingerprint density at radius 3 is 2.39 bits per heavy atom. The average molecular weight is 331 g/mol. The van der Waals surface area contributed by atoms with E-state index in [0.29, 0.717) is 23.6 Å². The third kappa shape index (κ3) is 5.11. The monoisotopic (exact) mass is 330 g/mol. The maximum Gasteiger partial charge on any atom is 0.253 e. The molecule has 5 heteroatoms. The van der Waals surface area contributed by atoms with Crippen molar-refractivity contribution in [2.75, 3.05) is 14.1 Å². The fourth-order valence-corrected chi connectivity index (χ4v) is 2.25. The molecule has 0 bridgehead atoms.